The maximum atomic E-state index is 16.4. The molecule has 3 amide bonds. The smallest absolute Gasteiger partial charge is 0.256 e. The molecule has 0 aromatic heterocycles. The fourth-order valence-electron chi connectivity index (χ4n) is 11.4. The zero-order chi connectivity index (χ0) is 42.0. The first-order valence-electron chi connectivity index (χ1n) is 22.0. The Hall–Kier alpha value is -5.13. The Bertz CT molecular complexity index is 2390. The number of phenolic OH excluding ortho intramolecular Hbond substituents is 1. The number of anilines is 1. The van der Waals surface area contributed by atoms with Crippen molar-refractivity contribution in [1.29, 1.82) is 0 Å². The predicted octanol–water partition coefficient (Wildman–Crippen LogP) is 7.85. The van der Waals surface area contributed by atoms with E-state index in [1.807, 2.05) is 30.3 Å². The maximum Gasteiger partial charge on any atom is 0.256 e. The summed E-state index contributed by atoms with van der Waals surface area (Å²) in [6, 6.07) is 20.9. The largest absolute Gasteiger partial charge is 0.508 e. The number of aromatic hydroxyl groups is 1. The number of halogens is 2. The molecule has 3 atom stereocenters. The van der Waals surface area contributed by atoms with Crippen molar-refractivity contribution >= 4 is 35.0 Å². The fourth-order valence-corrected chi connectivity index (χ4v) is 11.8. The standard InChI is InChI=1S/C49H52ClFN4O6/c1-60-42-26-41(39(51)24-35(42)44-33(30-5-3-2-4-6-30)9-7-31-23-32(56)8-10-34(31)44)54-19-14-29(15-20-54)13-18-53-21-16-49(17-22-53)28-61-46-36-27-55(40-11-12-43(57)52-47(40)58)48(59)45(36)38(50)25-37(46)49/h2-6,8,10,23-26,29,33,40,44,56H,7,9,11-22,27-28H2,1H3,(H,52,57,58)/t33-,40+,44+/m1/s1. The number of fused-ring (bicyclic) bond motifs is 5. The molecule has 0 bridgehead atoms. The van der Waals surface area contributed by atoms with Crippen LogP contribution in [0.2, 0.25) is 5.02 Å². The number of nitrogens with one attached hydrogen (secondary N) is 1. The van der Waals surface area contributed by atoms with Gasteiger partial charge >= 0.3 is 0 Å². The summed E-state index contributed by atoms with van der Waals surface area (Å²) < 4.78 is 28.9. The Morgan fingerprint density at radius 3 is 2.48 bits per heavy atom. The molecule has 4 aromatic carbocycles. The van der Waals surface area contributed by atoms with Gasteiger partial charge in [-0.15, -0.1) is 0 Å². The van der Waals surface area contributed by atoms with Crippen LogP contribution >= 0.6 is 11.6 Å². The van der Waals surface area contributed by atoms with Gasteiger partial charge in [-0.25, -0.2) is 4.39 Å². The number of piperidine rings is 3. The van der Waals surface area contributed by atoms with Gasteiger partial charge < -0.3 is 29.3 Å². The minimum atomic E-state index is -0.705. The molecule has 318 valence electrons. The first-order valence-corrected chi connectivity index (χ1v) is 22.3. The van der Waals surface area contributed by atoms with Crippen LogP contribution in [-0.2, 0) is 28.0 Å². The van der Waals surface area contributed by atoms with Crippen LogP contribution < -0.4 is 19.7 Å². The van der Waals surface area contributed by atoms with Gasteiger partial charge in [0.05, 0.1) is 36.5 Å². The van der Waals surface area contributed by atoms with Crippen molar-refractivity contribution in [2.45, 2.75) is 87.6 Å². The molecule has 0 unspecified atom stereocenters. The molecule has 2 N–H and O–H groups in total. The molecule has 0 radical (unpaired) electrons. The highest BCUT2D eigenvalue weighted by Gasteiger charge is 2.49. The number of methoxy groups -OCH3 is 1. The van der Waals surface area contributed by atoms with Crippen LogP contribution in [0.1, 0.15) is 107 Å². The van der Waals surface area contributed by atoms with Crippen molar-refractivity contribution in [1.82, 2.24) is 15.1 Å². The van der Waals surface area contributed by atoms with E-state index in [-0.39, 0.29) is 53.6 Å². The van der Waals surface area contributed by atoms with Gasteiger partial charge in [0, 0.05) is 53.6 Å². The lowest BCUT2D eigenvalue weighted by Gasteiger charge is -2.40. The van der Waals surface area contributed by atoms with E-state index in [1.54, 1.807) is 19.2 Å². The third-order valence-electron chi connectivity index (χ3n) is 14.9. The van der Waals surface area contributed by atoms with Crippen LogP contribution in [0.3, 0.4) is 0 Å². The van der Waals surface area contributed by atoms with Crippen molar-refractivity contribution in [3.05, 3.63) is 117 Å². The zero-order valence-electron chi connectivity index (χ0n) is 34.6. The molecular formula is C49H52ClFN4O6. The van der Waals surface area contributed by atoms with Gasteiger partial charge in [-0.1, -0.05) is 48.0 Å². The number of hydrogen-bond acceptors (Lipinski definition) is 8. The molecule has 61 heavy (non-hydrogen) atoms. The molecule has 1 aliphatic carbocycles. The SMILES string of the molecule is COc1cc(N2CCC(CCN3CCC4(CC3)COc3c4cc(Cl)c4c3CN([C@H]3CCC(=O)NC3=O)C4=O)CC2)c(F)cc1[C@@H]1c2ccc(O)cc2CC[C@@H]1c1ccccc1. The summed E-state index contributed by atoms with van der Waals surface area (Å²) in [7, 11) is 1.67. The molecule has 10 nitrogen and oxygen atoms in total. The number of phenols is 1. The van der Waals surface area contributed by atoms with Crippen molar-refractivity contribution < 1.29 is 33.4 Å². The van der Waals surface area contributed by atoms with E-state index in [2.05, 4.69) is 39.4 Å². The van der Waals surface area contributed by atoms with Crippen molar-refractivity contribution in [3.8, 4) is 17.2 Å². The lowest BCUT2D eigenvalue weighted by Crippen LogP contribution is -2.52. The van der Waals surface area contributed by atoms with Gasteiger partial charge in [0.25, 0.3) is 5.91 Å². The summed E-state index contributed by atoms with van der Waals surface area (Å²) in [5.74, 6) is 1.00. The third-order valence-corrected chi connectivity index (χ3v) is 15.2. The van der Waals surface area contributed by atoms with Crippen LogP contribution in [-0.4, -0.2) is 85.1 Å². The second-order valence-electron chi connectivity index (χ2n) is 18.1. The van der Waals surface area contributed by atoms with E-state index < -0.39 is 11.9 Å². The molecule has 12 heteroatoms. The van der Waals surface area contributed by atoms with Crippen LogP contribution in [0.5, 0.6) is 17.2 Å². The molecule has 3 fully saturated rings. The lowest BCUT2D eigenvalue weighted by molar-refractivity contribution is -0.136. The van der Waals surface area contributed by atoms with Crippen LogP contribution in [0, 0.1) is 11.7 Å². The fraction of sp³-hybridized carbons (Fsp3) is 0.449. The summed E-state index contributed by atoms with van der Waals surface area (Å²) in [4.78, 5) is 44.2. The lowest BCUT2D eigenvalue weighted by atomic mass is 9.69. The van der Waals surface area contributed by atoms with E-state index in [0.717, 1.165) is 111 Å². The van der Waals surface area contributed by atoms with Crippen LogP contribution in [0.15, 0.2) is 66.7 Å². The topological polar surface area (TPSA) is 112 Å². The molecule has 5 aliphatic heterocycles. The van der Waals surface area contributed by atoms with Gasteiger partial charge in [0.2, 0.25) is 11.8 Å². The van der Waals surface area contributed by atoms with Gasteiger partial charge in [0.1, 0.15) is 29.1 Å². The first kappa shape index (κ1) is 40.0. The minimum Gasteiger partial charge on any atom is -0.508 e. The number of aryl methyl sites for hydroxylation is 1. The van der Waals surface area contributed by atoms with Crippen LogP contribution in [0.4, 0.5) is 10.1 Å². The van der Waals surface area contributed by atoms with E-state index >= 15 is 4.39 Å². The number of benzene rings is 4. The quantitative estimate of drug-likeness (QED) is 0.173. The summed E-state index contributed by atoms with van der Waals surface area (Å²) in [6.45, 7) is 5.24. The third kappa shape index (κ3) is 7.11. The highest BCUT2D eigenvalue weighted by Crippen LogP contribution is 2.53. The number of ether oxygens (including phenoxy) is 2. The Kier molecular flexibility index (Phi) is 10.5. The number of carbonyl (C=O) groups excluding carboxylic acids is 3. The molecule has 6 aliphatic rings. The second-order valence-corrected chi connectivity index (χ2v) is 18.5. The second kappa shape index (κ2) is 16.0. The van der Waals surface area contributed by atoms with Gasteiger partial charge in [-0.05, 0) is 124 Å². The number of amides is 3. The Labute approximate surface area is 360 Å². The summed E-state index contributed by atoms with van der Waals surface area (Å²) >= 11 is 6.83. The zero-order valence-corrected chi connectivity index (χ0v) is 35.3. The summed E-state index contributed by atoms with van der Waals surface area (Å²) in [5.41, 5.74) is 6.92. The molecule has 10 rings (SSSR count). The van der Waals surface area contributed by atoms with Crippen molar-refractivity contribution in [3.63, 3.8) is 0 Å². The molecule has 3 saturated heterocycles. The number of likely N-dealkylation sites (tertiary alicyclic amines) is 1. The number of carbonyl (C=O) groups is 3. The number of nitrogens with zero attached hydrogens (tertiary/aromatic N) is 3. The van der Waals surface area contributed by atoms with Gasteiger partial charge in [0.15, 0.2) is 0 Å². The number of hydrogen-bond donors (Lipinski definition) is 2. The van der Waals surface area contributed by atoms with Gasteiger partial charge in [-0.3, -0.25) is 19.7 Å². The molecule has 1 spiro atoms. The number of rotatable bonds is 8. The summed E-state index contributed by atoms with van der Waals surface area (Å²) in [5, 5.41) is 13.1. The summed E-state index contributed by atoms with van der Waals surface area (Å²) in [6.07, 6.45) is 7.17. The minimum absolute atomic E-state index is 0.112. The predicted molar refractivity (Wildman–Crippen MR) is 230 cm³/mol. The normalized spacial score (nSPS) is 23.7. The van der Waals surface area contributed by atoms with Crippen molar-refractivity contribution in [2.24, 2.45) is 5.92 Å². The molecule has 0 saturated carbocycles. The molecule has 4 aromatic rings. The van der Waals surface area contributed by atoms with Crippen LogP contribution in [0.25, 0.3) is 0 Å². The molecular weight excluding hydrogens is 795 g/mol. The molecule has 5 heterocycles. The Morgan fingerprint density at radius 1 is 0.934 bits per heavy atom. The van der Waals surface area contributed by atoms with E-state index in [9.17, 15) is 19.5 Å². The first-order chi connectivity index (χ1) is 29.6. The average molecular weight is 847 g/mol. The van der Waals surface area contributed by atoms with Gasteiger partial charge in [-0.2, -0.15) is 0 Å². The number of imide groups is 1. The highest BCUT2D eigenvalue weighted by atomic mass is 35.5. The van der Waals surface area contributed by atoms with E-state index in [4.69, 9.17) is 21.1 Å². The van der Waals surface area contributed by atoms with Crippen molar-refractivity contribution in [2.75, 3.05) is 51.3 Å². The maximum absolute atomic E-state index is 16.4. The average Bonchev–Trinajstić information content (AvgIpc) is 3.80. The van der Waals surface area contributed by atoms with E-state index in [1.165, 1.54) is 10.5 Å². The monoisotopic (exact) mass is 846 g/mol. The Balaban J connectivity index is 0.770. The Morgan fingerprint density at radius 2 is 1.72 bits per heavy atom. The highest BCUT2D eigenvalue weighted by molar-refractivity contribution is 6.34. The van der Waals surface area contributed by atoms with E-state index in [0.29, 0.717) is 41.0 Å².